The Bertz CT molecular complexity index is 502. The van der Waals surface area contributed by atoms with Crippen LogP contribution in [0.1, 0.15) is 23.7 Å². The third kappa shape index (κ3) is 3.15. The molecular weight excluding hydrogens is 262 g/mol. The second-order valence-corrected chi connectivity index (χ2v) is 4.61. The van der Waals surface area contributed by atoms with E-state index >= 15 is 0 Å². The van der Waals surface area contributed by atoms with E-state index in [2.05, 4.69) is 5.32 Å². The number of aliphatic carboxylic acids is 1. The van der Waals surface area contributed by atoms with Crippen LogP contribution in [0.4, 0.5) is 0 Å². The van der Waals surface area contributed by atoms with E-state index in [1.807, 2.05) is 18.2 Å². The molecule has 1 heterocycles. The summed E-state index contributed by atoms with van der Waals surface area (Å²) in [5, 5.41) is 20.2. The van der Waals surface area contributed by atoms with Crippen molar-refractivity contribution in [2.45, 2.75) is 25.0 Å². The van der Waals surface area contributed by atoms with Crippen LogP contribution in [0.15, 0.2) is 24.3 Å². The lowest BCUT2D eigenvalue weighted by Gasteiger charge is -2.26. The minimum Gasteiger partial charge on any atom is -0.480 e. The van der Waals surface area contributed by atoms with E-state index in [1.54, 1.807) is 6.07 Å². The van der Waals surface area contributed by atoms with Gasteiger partial charge in [0.25, 0.3) is 5.91 Å². The highest BCUT2D eigenvalue weighted by Crippen LogP contribution is 2.27. The SMILES string of the molecule is O=C(N[C@@H](CCO)C(=O)O)C1OCCc2ccccc21. The molecular formula is C14H17NO5. The summed E-state index contributed by atoms with van der Waals surface area (Å²) in [5.74, 6) is -1.66. The highest BCUT2D eigenvalue weighted by Gasteiger charge is 2.30. The molecule has 6 heteroatoms. The Morgan fingerprint density at radius 2 is 2.15 bits per heavy atom. The summed E-state index contributed by atoms with van der Waals surface area (Å²) >= 11 is 0. The molecule has 1 amide bonds. The molecule has 108 valence electrons. The second kappa shape index (κ2) is 6.49. The molecule has 1 aliphatic heterocycles. The quantitative estimate of drug-likeness (QED) is 0.718. The molecule has 2 atom stereocenters. The van der Waals surface area contributed by atoms with Crippen molar-refractivity contribution < 1.29 is 24.5 Å². The van der Waals surface area contributed by atoms with Gasteiger partial charge in [0, 0.05) is 13.0 Å². The van der Waals surface area contributed by atoms with Gasteiger partial charge in [0.2, 0.25) is 0 Å². The lowest BCUT2D eigenvalue weighted by molar-refractivity contribution is -0.145. The van der Waals surface area contributed by atoms with Gasteiger partial charge in [-0.1, -0.05) is 24.3 Å². The minimum absolute atomic E-state index is 0.0323. The van der Waals surface area contributed by atoms with E-state index in [4.69, 9.17) is 14.9 Å². The van der Waals surface area contributed by atoms with Crippen LogP contribution in [-0.2, 0) is 20.7 Å². The number of amides is 1. The Kier molecular flexibility index (Phi) is 4.70. The molecule has 1 aromatic rings. The number of rotatable bonds is 5. The summed E-state index contributed by atoms with van der Waals surface area (Å²) in [6.07, 6.45) is -0.0884. The van der Waals surface area contributed by atoms with E-state index in [0.717, 1.165) is 17.5 Å². The number of aliphatic hydroxyl groups is 1. The second-order valence-electron chi connectivity index (χ2n) is 4.61. The fourth-order valence-electron chi connectivity index (χ4n) is 2.24. The third-order valence-corrected chi connectivity index (χ3v) is 3.26. The number of ether oxygens (including phenoxy) is 1. The highest BCUT2D eigenvalue weighted by atomic mass is 16.5. The molecule has 1 aromatic carbocycles. The zero-order chi connectivity index (χ0) is 14.5. The van der Waals surface area contributed by atoms with Gasteiger partial charge >= 0.3 is 5.97 Å². The molecule has 0 spiro atoms. The fraction of sp³-hybridized carbons (Fsp3) is 0.429. The monoisotopic (exact) mass is 279 g/mol. The highest BCUT2D eigenvalue weighted by molar-refractivity contribution is 5.87. The van der Waals surface area contributed by atoms with Gasteiger partial charge in [-0.2, -0.15) is 0 Å². The van der Waals surface area contributed by atoms with Crippen molar-refractivity contribution in [2.75, 3.05) is 13.2 Å². The smallest absolute Gasteiger partial charge is 0.326 e. The minimum atomic E-state index is -1.17. The van der Waals surface area contributed by atoms with Crippen molar-refractivity contribution in [3.8, 4) is 0 Å². The van der Waals surface area contributed by atoms with E-state index < -0.39 is 24.0 Å². The van der Waals surface area contributed by atoms with Crippen molar-refractivity contribution in [1.82, 2.24) is 5.32 Å². The van der Waals surface area contributed by atoms with Crippen LogP contribution in [0, 0.1) is 0 Å². The average Bonchev–Trinajstić information content (AvgIpc) is 2.46. The first-order valence-corrected chi connectivity index (χ1v) is 6.47. The van der Waals surface area contributed by atoms with Crippen LogP contribution in [0.5, 0.6) is 0 Å². The number of aliphatic hydroxyl groups excluding tert-OH is 1. The van der Waals surface area contributed by atoms with Gasteiger partial charge in [-0.15, -0.1) is 0 Å². The van der Waals surface area contributed by atoms with Crippen molar-refractivity contribution in [1.29, 1.82) is 0 Å². The van der Waals surface area contributed by atoms with Gasteiger partial charge < -0.3 is 20.3 Å². The number of hydrogen-bond donors (Lipinski definition) is 3. The summed E-state index contributed by atoms with van der Waals surface area (Å²) in [7, 11) is 0. The number of benzene rings is 1. The molecule has 0 saturated carbocycles. The van der Waals surface area contributed by atoms with Gasteiger partial charge in [0.05, 0.1) is 6.61 Å². The number of carbonyl (C=O) groups excluding carboxylic acids is 1. The fourth-order valence-corrected chi connectivity index (χ4v) is 2.24. The van der Waals surface area contributed by atoms with E-state index in [-0.39, 0.29) is 13.0 Å². The molecule has 0 radical (unpaired) electrons. The van der Waals surface area contributed by atoms with Gasteiger partial charge in [0.1, 0.15) is 6.04 Å². The molecule has 1 aliphatic rings. The largest absolute Gasteiger partial charge is 0.480 e. The molecule has 3 N–H and O–H groups in total. The van der Waals surface area contributed by atoms with Crippen LogP contribution in [0.2, 0.25) is 0 Å². The van der Waals surface area contributed by atoms with Gasteiger partial charge in [-0.3, -0.25) is 4.79 Å². The summed E-state index contributed by atoms with van der Waals surface area (Å²) in [4.78, 5) is 23.2. The average molecular weight is 279 g/mol. The molecule has 0 saturated heterocycles. The number of fused-ring (bicyclic) bond motifs is 1. The van der Waals surface area contributed by atoms with Crippen molar-refractivity contribution >= 4 is 11.9 Å². The number of nitrogens with one attached hydrogen (secondary N) is 1. The predicted molar refractivity (Wildman–Crippen MR) is 70.1 cm³/mol. The zero-order valence-corrected chi connectivity index (χ0v) is 10.9. The van der Waals surface area contributed by atoms with Crippen molar-refractivity contribution in [3.63, 3.8) is 0 Å². The van der Waals surface area contributed by atoms with Gasteiger partial charge in [0.15, 0.2) is 6.10 Å². The molecule has 0 fully saturated rings. The van der Waals surface area contributed by atoms with Crippen LogP contribution in [0.25, 0.3) is 0 Å². The Hall–Kier alpha value is -1.92. The van der Waals surface area contributed by atoms with E-state index in [9.17, 15) is 9.59 Å². The van der Waals surface area contributed by atoms with E-state index in [1.165, 1.54) is 0 Å². The normalized spacial score (nSPS) is 18.9. The molecule has 2 rings (SSSR count). The number of carboxylic acids is 1. The maximum Gasteiger partial charge on any atom is 0.326 e. The Morgan fingerprint density at radius 3 is 2.85 bits per heavy atom. The maximum absolute atomic E-state index is 12.2. The molecule has 6 nitrogen and oxygen atoms in total. The Balaban J connectivity index is 2.12. The topological polar surface area (TPSA) is 95.9 Å². The molecule has 0 bridgehead atoms. The summed E-state index contributed by atoms with van der Waals surface area (Å²) in [6, 6.07) is 6.34. The summed E-state index contributed by atoms with van der Waals surface area (Å²) in [5.41, 5.74) is 1.80. The Morgan fingerprint density at radius 1 is 1.40 bits per heavy atom. The molecule has 0 aromatic heterocycles. The molecule has 1 unspecified atom stereocenters. The lowest BCUT2D eigenvalue weighted by atomic mass is 9.97. The Labute approximate surface area is 116 Å². The molecule has 20 heavy (non-hydrogen) atoms. The van der Waals surface area contributed by atoms with Crippen LogP contribution in [0.3, 0.4) is 0 Å². The molecule has 0 aliphatic carbocycles. The lowest BCUT2D eigenvalue weighted by Crippen LogP contribution is -2.44. The third-order valence-electron chi connectivity index (χ3n) is 3.26. The predicted octanol–water partition coefficient (Wildman–Crippen LogP) is 0.252. The first-order chi connectivity index (χ1) is 9.63. The van der Waals surface area contributed by atoms with Crippen LogP contribution in [-0.4, -0.2) is 41.3 Å². The number of hydrogen-bond acceptors (Lipinski definition) is 4. The van der Waals surface area contributed by atoms with E-state index in [0.29, 0.717) is 6.61 Å². The zero-order valence-electron chi connectivity index (χ0n) is 10.9. The maximum atomic E-state index is 12.2. The first kappa shape index (κ1) is 14.5. The summed E-state index contributed by atoms with van der Waals surface area (Å²) in [6.45, 7) is 0.117. The van der Waals surface area contributed by atoms with Crippen LogP contribution >= 0.6 is 0 Å². The van der Waals surface area contributed by atoms with Crippen molar-refractivity contribution in [2.24, 2.45) is 0 Å². The number of carboxylic acid groups (broad SMARTS) is 1. The van der Waals surface area contributed by atoms with Crippen LogP contribution < -0.4 is 5.32 Å². The van der Waals surface area contributed by atoms with Gasteiger partial charge in [-0.25, -0.2) is 4.79 Å². The first-order valence-electron chi connectivity index (χ1n) is 6.47. The standard InChI is InChI=1S/C14H17NO5/c16-7-5-11(14(18)19)15-13(17)12-10-4-2-1-3-9(10)6-8-20-12/h1-4,11-12,16H,5-8H2,(H,15,17)(H,18,19)/t11-,12?/m0/s1. The number of carbonyl (C=O) groups is 2. The van der Waals surface area contributed by atoms with Gasteiger partial charge in [-0.05, 0) is 17.5 Å². The summed E-state index contributed by atoms with van der Waals surface area (Å²) < 4.78 is 5.46. The van der Waals surface area contributed by atoms with Crippen molar-refractivity contribution in [3.05, 3.63) is 35.4 Å².